The van der Waals surface area contributed by atoms with E-state index < -0.39 is 0 Å². The first-order chi connectivity index (χ1) is 15.8. The Bertz CT molecular complexity index is 956. The number of carbonyl (C=O) groups is 2. The highest BCUT2D eigenvalue weighted by Gasteiger charge is 2.43. The zero-order chi connectivity index (χ0) is 24.5. The average molecular weight is 462 g/mol. The molecular formula is C24H35N3O6. The van der Waals surface area contributed by atoms with Gasteiger partial charge in [-0.3, -0.25) is 19.3 Å². The molecule has 0 amide bonds. The summed E-state index contributed by atoms with van der Waals surface area (Å²) in [5.74, 6) is 2.47. The molecule has 1 aromatic carbocycles. The Kier molecular flexibility index (Phi) is 9.87. The number of nitrogens with one attached hydrogen (secondary N) is 1. The zero-order valence-corrected chi connectivity index (χ0v) is 19.7. The lowest BCUT2D eigenvalue weighted by atomic mass is 10.0. The summed E-state index contributed by atoms with van der Waals surface area (Å²) in [5, 5.41) is 14.8. The molecule has 4 rings (SSSR count). The second-order valence-electron chi connectivity index (χ2n) is 8.94. The number of fused-ring (bicyclic) bond motifs is 2. The molecule has 0 bridgehead atoms. The number of methoxy groups -OCH3 is 1. The monoisotopic (exact) mass is 461 g/mol. The highest BCUT2D eigenvalue weighted by molar-refractivity contribution is 5.80. The molecule has 2 fully saturated rings. The van der Waals surface area contributed by atoms with Gasteiger partial charge in [0.05, 0.1) is 12.6 Å². The molecule has 0 saturated heterocycles. The van der Waals surface area contributed by atoms with Crippen molar-refractivity contribution < 1.29 is 24.5 Å². The Hall–Kier alpha value is -2.91. The van der Waals surface area contributed by atoms with Crippen LogP contribution in [-0.4, -0.2) is 78.3 Å². The van der Waals surface area contributed by atoms with Crippen molar-refractivity contribution in [3.63, 3.8) is 0 Å². The number of H-pyrrole nitrogens is 1. The molecule has 182 valence electrons. The Morgan fingerprint density at radius 3 is 2.06 bits per heavy atom. The number of hydrogen-bond acceptors (Lipinski definition) is 6. The summed E-state index contributed by atoms with van der Waals surface area (Å²) in [7, 11) is 8.22. The van der Waals surface area contributed by atoms with Gasteiger partial charge in [-0.15, -0.1) is 0 Å². The largest absolute Gasteiger partial charge is 0.497 e. The Morgan fingerprint density at radius 1 is 1.00 bits per heavy atom. The van der Waals surface area contributed by atoms with Gasteiger partial charge in [0.15, 0.2) is 0 Å². The minimum absolute atomic E-state index is 0.00784. The van der Waals surface area contributed by atoms with Crippen molar-refractivity contribution in [1.29, 1.82) is 0 Å². The van der Waals surface area contributed by atoms with E-state index in [9.17, 15) is 4.79 Å². The molecule has 2 unspecified atom stereocenters. The molecule has 2 saturated carbocycles. The fourth-order valence-corrected chi connectivity index (χ4v) is 5.20. The van der Waals surface area contributed by atoms with Crippen molar-refractivity contribution in [2.24, 2.45) is 11.8 Å². The molecule has 2 aromatic rings. The van der Waals surface area contributed by atoms with Gasteiger partial charge >= 0.3 is 0 Å². The third kappa shape index (κ3) is 6.79. The standard InChI is InChI=1S/C22H31N3O2.2CH2O2/c1-24(2)18-8-15-10-19(11-16(15)9-18)25(3)13-17-7-14-5-6-20(27-4)12-21(14)23-22(17)26;2*2-1-3/h5-7,12,15-16,18-19H,8-11,13H2,1-4H3,(H,23,26);2*1H,(H,2,3)/t15-,16+,18?,19?;;. The van der Waals surface area contributed by atoms with Crippen LogP contribution in [-0.2, 0) is 16.1 Å². The van der Waals surface area contributed by atoms with Gasteiger partial charge < -0.3 is 24.8 Å². The SMILES string of the molecule is COc1ccc2cc(CN(C)C3C[C@H]4CC(N(C)C)C[C@H]4C3)c(=O)[nH]c2c1.O=CO.O=CO. The number of benzene rings is 1. The van der Waals surface area contributed by atoms with E-state index in [1.54, 1.807) is 7.11 Å². The maximum atomic E-state index is 12.6. The molecule has 1 aromatic heterocycles. The number of carboxylic acid groups (broad SMARTS) is 2. The van der Waals surface area contributed by atoms with E-state index in [-0.39, 0.29) is 18.5 Å². The van der Waals surface area contributed by atoms with E-state index in [0.717, 1.165) is 40.1 Å². The van der Waals surface area contributed by atoms with E-state index in [0.29, 0.717) is 12.6 Å². The maximum Gasteiger partial charge on any atom is 0.290 e. The molecule has 9 heteroatoms. The van der Waals surface area contributed by atoms with Gasteiger partial charge in [-0.1, -0.05) is 0 Å². The van der Waals surface area contributed by atoms with Crippen LogP contribution in [0, 0.1) is 11.8 Å². The number of aromatic nitrogens is 1. The number of hydrogen-bond donors (Lipinski definition) is 3. The summed E-state index contributed by atoms with van der Waals surface area (Å²) in [4.78, 5) is 37.1. The molecule has 2 aliphatic rings. The number of rotatable bonds is 5. The Balaban J connectivity index is 0.000000582. The topological polar surface area (TPSA) is 123 Å². The van der Waals surface area contributed by atoms with E-state index in [1.165, 1.54) is 25.7 Å². The normalized spacial score (nSPS) is 23.3. The van der Waals surface area contributed by atoms with E-state index in [2.05, 4.69) is 35.9 Å². The molecule has 0 spiro atoms. The molecule has 0 radical (unpaired) electrons. The average Bonchev–Trinajstić information content (AvgIpc) is 3.35. The molecule has 2 aliphatic carbocycles. The van der Waals surface area contributed by atoms with Gasteiger partial charge in [0.25, 0.3) is 18.5 Å². The Morgan fingerprint density at radius 2 is 1.55 bits per heavy atom. The van der Waals surface area contributed by atoms with Gasteiger partial charge in [-0.05, 0) is 82.2 Å². The first kappa shape index (κ1) is 26.3. The van der Waals surface area contributed by atoms with Crippen LogP contribution in [0.4, 0.5) is 0 Å². The minimum atomic E-state index is -0.250. The predicted octanol–water partition coefficient (Wildman–Crippen LogP) is 2.49. The molecule has 9 nitrogen and oxygen atoms in total. The van der Waals surface area contributed by atoms with E-state index in [1.807, 2.05) is 24.3 Å². The fourth-order valence-electron chi connectivity index (χ4n) is 5.20. The van der Waals surface area contributed by atoms with Crippen LogP contribution in [0.5, 0.6) is 5.75 Å². The summed E-state index contributed by atoms with van der Waals surface area (Å²) < 4.78 is 5.25. The first-order valence-electron chi connectivity index (χ1n) is 11.0. The number of nitrogens with zero attached hydrogens (tertiary/aromatic N) is 2. The third-order valence-electron chi connectivity index (χ3n) is 6.87. The molecule has 3 N–H and O–H groups in total. The second-order valence-corrected chi connectivity index (χ2v) is 8.94. The lowest BCUT2D eigenvalue weighted by molar-refractivity contribution is -0.123. The van der Waals surface area contributed by atoms with Crippen LogP contribution in [0.15, 0.2) is 29.1 Å². The predicted molar refractivity (Wildman–Crippen MR) is 127 cm³/mol. The summed E-state index contributed by atoms with van der Waals surface area (Å²) in [5.41, 5.74) is 1.68. The number of pyridine rings is 1. The quantitative estimate of drug-likeness (QED) is 0.581. The van der Waals surface area contributed by atoms with Crippen molar-refractivity contribution in [3.8, 4) is 5.75 Å². The van der Waals surface area contributed by atoms with Gasteiger partial charge in [-0.25, -0.2) is 0 Å². The first-order valence-corrected chi connectivity index (χ1v) is 11.0. The van der Waals surface area contributed by atoms with Crippen molar-refractivity contribution >= 4 is 23.8 Å². The van der Waals surface area contributed by atoms with E-state index >= 15 is 0 Å². The Labute approximate surface area is 194 Å². The van der Waals surface area contributed by atoms with Crippen molar-refractivity contribution in [3.05, 3.63) is 40.2 Å². The molecule has 33 heavy (non-hydrogen) atoms. The van der Waals surface area contributed by atoms with Crippen LogP contribution >= 0.6 is 0 Å². The van der Waals surface area contributed by atoms with Gasteiger partial charge in [0.1, 0.15) is 5.75 Å². The number of aromatic amines is 1. The lowest BCUT2D eigenvalue weighted by Crippen LogP contribution is -2.33. The van der Waals surface area contributed by atoms with Crippen LogP contribution in [0.2, 0.25) is 0 Å². The second kappa shape index (κ2) is 12.4. The zero-order valence-electron chi connectivity index (χ0n) is 19.7. The van der Waals surface area contributed by atoms with Crippen LogP contribution in [0.3, 0.4) is 0 Å². The molecule has 1 heterocycles. The van der Waals surface area contributed by atoms with E-state index in [4.69, 9.17) is 24.5 Å². The van der Waals surface area contributed by atoms with Crippen LogP contribution in [0.25, 0.3) is 10.9 Å². The third-order valence-corrected chi connectivity index (χ3v) is 6.87. The van der Waals surface area contributed by atoms with Crippen molar-refractivity contribution in [2.75, 3.05) is 28.3 Å². The minimum Gasteiger partial charge on any atom is -0.497 e. The van der Waals surface area contributed by atoms with Gasteiger partial charge in [0, 0.05) is 30.3 Å². The summed E-state index contributed by atoms with van der Waals surface area (Å²) in [6.45, 7) is 0.207. The van der Waals surface area contributed by atoms with Gasteiger partial charge in [-0.2, -0.15) is 0 Å². The maximum absolute atomic E-state index is 12.6. The lowest BCUT2D eigenvalue weighted by Gasteiger charge is -2.26. The summed E-state index contributed by atoms with van der Waals surface area (Å²) in [6.07, 6.45) is 5.21. The van der Waals surface area contributed by atoms with Crippen molar-refractivity contribution in [1.82, 2.24) is 14.8 Å². The van der Waals surface area contributed by atoms with Crippen LogP contribution in [0.1, 0.15) is 31.2 Å². The van der Waals surface area contributed by atoms with Crippen LogP contribution < -0.4 is 10.3 Å². The highest BCUT2D eigenvalue weighted by Crippen LogP contribution is 2.46. The van der Waals surface area contributed by atoms with Crippen molar-refractivity contribution in [2.45, 2.75) is 44.3 Å². The summed E-state index contributed by atoms with van der Waals surface area (Å²) in [6, 6.07) is 9.20. The molecule has 4 atom stereocenters. The smallest absolute Gasteiger partial charge is 0.290 e. The molecular weight excluding hydrogens is 426 g/mol. The summed E-state index contributed by atoms with van der Waals surface area (Å²) >= 11 is 0. The van der Waals surface area contributed by atoms with Gasteiger partial charge in [0.2, 0.25) is 0 Å². The highest BCUT2D eigenvalue weighted by atomic mass is 16.5. The molecule has 0 aliphatic heterocycles. The number of ether oxygens (including phenoxy) is 1. The fraction of sp³-hybridized carbons (Fsp3) is 0.542.